The minimum Gasteiger partial charge on any atom is -0.399 e. The lowest BCUT2D eigenvalue weighted by molar-refractivity contribution is 0.593. The third kappa shape index (κ3) is 1.86. The molecule has 19 heavy (non-hydrogen) atoms. The number of nitrogens with one attached hydrogen (secondary N) is 1. The Bertz CT molecular complexity index is 836. The highest BCUT2D eigenvalue weighted by Gasteiger charge is 2.22. The molecule has 0 atom stereocenters. The van der Waals surface area contributed by atoms with E-state index in [1.807, 2.05) is 6.07 Å². The molecule has 2 aromatic carbocycles. The second-order valence-corrected chi connectivity index (χ2v) is 6.03. The first kappa shape index (κ1) is 11.7. The van der Waals surface area contributed by atoms with Crippen molar-refractivity contribution >= 4 is 26.4 Å². The van der Waals surface area contributed by atoms with Crippen LogP contribution >= 0.6 is 0 Å². The van der Waals surface area contributed by atoms with Gasteiger partial charge >= 0.3 is 0 Å². The second kappa shape index (κ2) is 4.10. The summed E-state index contributed by atoms with van der Waals surface area (Å²) in [5.41, 5.74) is 6.71. The van der Waals surface area contributed by atoms with Crippen molar-refractivity contribution in [3.8, 4) is 0 Å². The van der Waals surface area contributed by atoms with Crippen molar-refractivity contribution in [2.45, 2.75) is 9.92 Å². The Morgan fingerprint density at radius 2 is 1.68 bits per heavy atom. The number of nitrogens with zero attached hydrogens (tertiary/aromatic N) is 1. The van der Waals surface area contributed by atoms with E-state index in [-0.39, 0.29) is 9.92 Å². The summed E-state index contributed by atoms with van der Waals surface area (Å²) in [5.74, 6) is 0. The van der Waals surface area contributed by atoms with Crippen LogP contribution in [0.2, 0.25) is 0 Å². The average Bonchev–Trinajstić information content (AvgIpc) is 2.83. The second-order valence-electron chi connectivity index (χ2n) is 4.14. The maximum atomic E-state index is 12.5. The molecule has 1 heterocycles. The van der Waals surface area contributed by atoms with E-state index in [0.717, 1.165) is 0 Å². The third-order valence-corrected chi connectivity index (χ3v) is 4.63. The van der Waals surface area contributed by atoms with Gasteiger partial charge in [0.05, 0.1) is 10.4 Å². The Balaban J connectivity index is 2.22. The van der Waals surface area contributed by atoms with Gasteiger partial charge in [0, 0.05) is 11.1 Å². The largest absolute Gasteiger partial charge is 0.399 e. The highest BCUT2D eigenvalue weighted by molar-refractivity contribution is 7.91. The predicted octanol–water partition coefficient (Wildman–Crippen LogP) is 1.98. The van der Waals surface area contributed by atoms with Crippen LogP contribution in [0.3, 0.4) is 0 Å². The van der Waals surface area contributed by atoms with E-state index in [0.29, 0.717) is 16.6 Å². The zero-order chi connectivity index (χ0) is 13.5. The number of H-pyrrole nitrogens is 1. The van der Waals surface area contributed by atoms with Crippen LogP contribution in [0, 0.1) is 0 Å². The molecule has 0 unspecified atom stereocenters. The van der Waals surface area contributed by atoms with E-state index < -0.39 is 9.84 Å². The molecule has 0 aliphatic carbocycles. The Morgan fingerprint density at radius 1 is 1.00 bits per heavy atom. The molecule has 0 fully saturated rings. The number of aromatic amines is 1. The van der Waals surface area contributed by atoms with Crippen molar-refractivity contribution in [2.75, 3.05) is 5.73 Å². The van der Waals surface area contributed by atoms with Crippen LogP contribution in [-0.4, -0.2) is 18.6 Å². The third-order valence-electron chi connectivity index (χ3n) is 2.89. The van der Waals surface area contributed by atoms with Gasteiger partial charge in [-0.3, -0.25) is 5.10 Å². The summed E-state index contributed by atoms with van der Waals surface area (Å²) in [6, 6.07) is 13.2. The molecule has 1 aromatic heterocycles. The quantitative estimate of drug-likeness (QED) is 0.699. The van der Waals surface area contributed by atoms with Gasteiger partial charge in [-0.15, -0.1) is 0 Å². The normalized spacial score (nSPS) is 11.8. The summed E-state index contributed by atoms with van der Waals surface area (Å²) in [6.07, 6.45) is 0. The molecular formula is C13H11N3O2S. The SMILES string of the molecule is Nc1ccc(S(=O)(=O)c2[nH]nc3ccccc23)cc1. The van der Waals surface area contributed by atoms with Gasteiger partial charge in [-0.2, -0.15) is 5.10 Å². The molecule has 0 saturated carbocycles. The molecule has 6 heteroatoms. The van der Waals surface area contributed by atoms with Gasteiger partial charge in [0.2, 0.25) is 9.84 Å². The summed E-state index contributed by atoms with van der Waals surface area (Å²) in [4.78, 5) is 0.191. The molecule has 0 radical (unpaired) electrons. The first-order valence-electron chi connectivity index (χ1n) is 5.63. The monoisotopic (exact) mass is 273 g/mol. The first-order valence-corrected chi connectivity index (χ1v) is 7.11. The molecule has 0 aliphatic heterocycles. The number of sulfone groups is 1. The van der Waals surface area contributed by atoms with Crippen LogP contribution in [-0.2, 0) is 9.84 Å². The summed E-state index contributed by atoms with van der Waals surface area (Å²) < 4.78 is 25.0. The van der Waals surface area contributed by atoms with Gasteiger partial charge in [-0.25, -0.2) is 8.42 Å². The topological polar surface area (TPSA) is 88.8 Å². The van der Waals surface area contributed by atoms with Crippen LogP contribution in [0.5, 0.6) is 0 Å². The van der Waals surface area contributed by atoms with Crippen LogP contribution in [0.4, 0.5) is 5.69 Å². The van der Waals surface area contributed by atoms with Gasteiger partial charge in [-0.05, 0) is 36.4 Å². The van der Waals surface area contributed by atoms with Crippen molar-refractivity contribution in [2.24, 2.45) is 0 Å². The van der Waals surface area contributed by atoms with Crippen LogP contribution < -0.4 is 5.73 Å². The van der Waals surface area contributed by atoms with Crippen LogP contribution in [0.15, 0.2) is 58.5 Å². The van der Waals surface area contributed by atoms with E-state index in [1.54, 1.807) is 30.3 Å². The van der Waals surface area contributed by atoms with Gasteiger partial charge in [0.15, 0.2) is 5.03 Å². The van der Waals surface area contributed by atoms with E-state index >= 15 is 0 Å². The maximum absolute atomic E-state index is 12.5. The lowest BCUT2D eigenvalue weighted by Crippen LogP contribution is -2.03. The number of nitrogens with two attached hydrogens (primary N) is 1. The molecule has 0 saturated heterocycles. The molecule has 5 nitrogen and oxygen atoms in total. The maximum Gasteiger partial charge on any atom is 0.223 e. The molecule has 0 bridgehead atoms. The van der Waals surface area contributed by atoms with E-state index in [9.17, 15) is 8.42 Å². The smallest absolute Gasteiger partial charge is 0.223 e. The molecule has 3 rings (SSSR count). The van der Waals surface area contributed by atoms with Crippen molar-refractivity contribution in [3.63, 3.8) is 0 Å². The van der Waals surface area contributed by atoms with Crippen molar-refractivity contribution in [1.29, 1.82) is 0 Å². The number of hydrogen-bond donors (Lipinski definition) is 2. The average molecular weight is 273 g/mol. The molecule has 0 aliphatic rings. The van der Waals surface area contributed by atoms with Crippen molar-refractivity contribution in [1.82, 2.24) is 10.2 Å². The van der Waals surface area contributed by atoms with E-state index in [2.05, 4.69) is 10.2 Å². The number of benzene rings is 2. The molecule has 3 aromatic rings. The van der Waals surface area contributed by atoms with E-state index in [1.165, 1.54) is 12.1 Å². The van der Waals surface area contributed by atoms with Gasteiger partial charge < -0.3 is 5.73 Å². The fraction of sp³-hybridized carbons (Fsp3) is 0. The number of para-hydroxylation sites is 1. The van der Waals surface area contributed by atoms with Gasteiger partial charge in [-0.1, -0.05) is 12.1 Å². The fourth-order valence-electron chi connectivity index (χ4n) is 1.90. The summed E-state index contributed by atoms with van der Waals surface area (Å²) in [6.45, 7) is 0. The number of fused-ring (bicyclic) bond motifs is 1. The Labute approximate surface area is 110 Å². The highest BCUT2D eigenvalue weighted by Crippen LogP contribution is 2.26. The lowest BCUT2D eigenvalue weighted by atomic mass is 10.3. The number of nitrogen functional groups attached to an aromatic ring is 1. The Kier molecular flexibility index (Phi) is 2.53. The minimum absolute atomic E-state index is 0.105. The van der Waals surface area contributed by atoms with E-state index in [4.69, 9.17) is 5.73 Å². The van der Waals surface area contributed by atoms with Crippen molar-refractivity contribution in [3.05, 3.63) is 48.5 Å². The predicted molar refractivity (Wildman–Crippen MR) is 72.4 cm³/mol. The minimum atomic E-state index is -3.61. The summed E-state index contributed by atoms with van der Waals surface area (Å²) >= 11 is 0. The standard InChI is InChI=1S/C13H11N3O2S/c14-9-5-7-10(8-6-9)19(17,18)13-11-3-1-2-4-12(11)15-16-13/h1-8H,14H2,(H,15,16). The summed E-state index contributed by atoms with van der Waals surface area (Å²) in [5, 5.41) is 7.28. The Hall–Kier alpha value is -2.34. The van der Waals surface area contributed by atoms with Crippen LogP contribution in [0.25, 0.3) is 10.9 Å². The van der Waals surface area contributed by atoms with Gasteiger partial charge in [0.1, 0.15) is 0 Å². The van der Waals surface area contributed by atoms with Crippen molar-refractivity contribution < 1.29 is 8.42 Å². The summed E-state index contributed by atoms with van der Waals surface area (Å²) in [7, 11) is -3.61. The highest BCUT2D eigenvalue weighted by atomic mass is 32.2. The zero-order valence-corrected chi connectivity index (χ0v) is 10.7. The molecule has 0 amide bonds. The number of hydrogen-bond acceptors (Lipinski definition) is 4. The number of aromatic nitrogens is 2. The Morgan fingerprint density at radius 3 is 2.42 bits per heavy atom. The molecule has 96 valence electrons. The number of rotatable bonds is 2. The molecule has 3 N–H and O–H groups in total. The van der Waals surface area contributed by atoms with Crippen LogP contribution in [0.1, 0.15) is 0 Å². The molecular weight excluding hydrogens is 262 g/mol. The first-order chi connectivity index (χ1) is 9.09. The molecule has 0 spiro atoms. The zero-order valence-electron chi connectivity index (χ0n) is 9.87. The lowest BCUT2D eigenvalue weighted by Gasteiger charge is -2.03. The fourth-order valence-corrected chi connectivity index (χ4v) is 3.26. The number of anilines is 1. The van der Waals surface area contributed by atoms with Gasteiger partial charge in [0.25, 0.3) is 0 Å².